The predicted molar refractivity (Wildman–Crippen MR) is 62.9 cm³/mol. The van der Waals surface area contributed by atoms with Gasteiger partial charge in [-0.2, -0.15) is 13.2 Å². The molecule has 0 saturated heterocycles. The highest BCUT2D eigenvalue weighted by Gasteiger charge is 2.26. The van der Waals surface area contributed by atoms with Crippen LogP contribution in [0.25, 0.3) is 11.4 Å². The zero-order valence-corrected chi connectivity index (χ0v) is 10.5. The van der Waals surface area contributed by atoms with Crippen LogP contribution in [0.15, 0.2) is 12.1 Å². The molecule has 0 fully saturated rings. The zero-order valence-electron chi connectivity index (χ0n) is 10.5. The summed E-state index contributed by atoms with van der Waals surface area (Å²) in [5.74, 6) is -2.30. The molecule has 1 aromatic carbocycles. The van der Waals surface area contributed by atoms with Crippen LogP contribution in [0.2, 0.25) is 0 Å². The van der Waals surface area contributed by atoms with Gasteiger partial charge in [0.15, 0.2) is 17.5 Å². The van der Waals surface area contributed by atoms with E-state index in [9.17, 15) is 22.0 Å². The summed E-state index contributed by atoms with van der Waals surface area (Å²) in [4.78, 5) is 0. The van der Waals surface area contributed by atoms with E-state index in [1.807, 2.05) is 0 Å². The molecular formula is C11H10F5N5. The van der Waals surface area contributed by atoms with Gasteiger partial charge in [0, 0.05) is 30.3 Å². The summed E-state index contributed by atoms with van der Waals surface area (Å²) in [6.45, 7) is -0.125. The quantitative estimate of drug-likeness (QED) is 0.696. The fourth-order valence-corrected chi connectivity index (χ4v) is 1.73. The van der Waals surface area contributed by atoms with Gasteiger partial charge in [0.25, 0.3) is 0 Å². The Morgan fingerprint density at radius 2 is 1.81 bits per heavy atom. The molecular weight excluding hydrogens is 297 g/mol. The molecule has 0 radical (unpaired) electrons. The molecule has 0 amide bonds. The van der Waals surface area contributed by atoms with Crippen LogP contribution in [-0.2, 0) is 6.54 Å². The molecule has 0 aliphatic heterocycles. The minimum Gasteiger partial charge on any atom is -0.398 e. The van der Waals surface area contributed by atoms with Crippen LogP contribution in [0.5, 0.6) is 0 Å². The van der Waals surface area contributed by atoms with Crippen molar-refractivity contribution in [3.63, 3.8) is 0 Å². The van der Waals surface area contributed by atoms with Crippen molar-refractivity contribution in [1.29, 1.82) is 0 Å². The average Bonchev–Trinajstić information content (AvgIpc) is 2.80. The van der Waals surface area contributed by atoms with Crippen molar-refractivity contribution in [3.05, 3.63) is 23.8 Å². The number of anilines is 1. The maximum Gasteiger partial charge on any atom is 0.389 e. The number of tetrazole rings is 1. The van der Waals surface area contributed by atoms with E-state index >= 15 is 0 Å². The molecule has 1 heterocycles. The summed E-state index contributed by atoms with van der Waals surface area (Å²) in [6, 6.07) is 1.57. The molecule has 0 unspecified atom stereocenters. The van der Waals surface area contributed by atoms with E-state index in [1.54, 1.807) is 0 Å². The van der Waals surface area contributed by atoms with E-state index in [0.717, 1.165) is 16.8 Å². The Bertz CT molecular complexity index is 636. The zero-order chi connectivity index (χ0) is 15.6. The van der Waals surface area contributed by atoms with Gasteiger partial charge in [0.2, 0.25) is 0 Å². The van der Waals surface area contributed by atoms with Gasteiger partial charge in [-0.15, -0.1) is 5.10 Å². The second kappa shape index (κ2) is 5.62. The standard InChI is InChI=1S/C11H10F5N5/c12-7-4-6(9(17)5-8(7)13)10-18-19-20-21(10)3-1-2-11(14,15)16/h4-5H,1-3,17H2. The van der Waals surface area contributed by atoms with Crippen molar-refractivity contribution in [2.24, 2.45) is 0 Å². The Balaban J connectivity index is 2.22. The molecule has 21 heavy (non-hydrogen) atoms. The summed E-state index contributed by atoms with van der Waals surface area (Å²) in [7, 11) is 0. The molecule has 0 aliphatic carbocycles. The molecule has 2 aromatic rings. The highest BCUT2D eigenvalue weighted by molar-refractivity contribution is 5.71. The lowest BCUT2D eigenvalue weighted by Gasteiger charge is -2.09. The largest absolute Gasteiger partial charge is 0.398 e. The molecule has 10 heteroatoms. The van der Waals surface area contributed by atoms with Crippen LogP contribution in [0.1, 0.15) is 12.8 Å². The number of hydrogen-bond donors (Lipinski definition) is 1. The maximum atomic E-state index is 13.2. The number of benzene rings is 1. The average molecular weight is 307 g/mol. The Hall–Kier alpha value is -2.26. The monoisotopic (exact) mass is 307 g/mol. The van der Waals surface area contributed by atoms with E-state index in [-0.39, 0.29) is 30.0 Å². The number of aryl methyl sites for hydroxylation is 1. The lowest BCUT2D eigenvalue weighted by Crippen LogP contribution is -2.11. The first-order valence-corrected chi connectivity index (χ1v) is 5.86. The normalized spacial score (nSPS) is 11.9. The van der Waals surface area contributed by atoms with Crippen molar-refractivity contribution in [3.8, 4) is 11.4 Å². The van der Waals surface area contributed by atoms with E-state index in [4.69, 9.17) is 5.73 Å². The molecule has 2 N–H and O–H groups in total. The fraction of sp³-hybridized carbons (Fsp3) is 0.364. The number of rotatable bonds is 4. The molecule has 1 aromatic heterocycles. The lowest BCUT2D eigenvalue weighted by molar-refractivity contribution is -0.136. The van der Waals surface area contributed by atoms with Crippen LogP contribution in [-0.4, -0.2) is 26.4 Å². The summed E-state index contributed by atoms with van der Waals surface area (Å²) in [6.07, 6.45) is -5.53. The number of alkyl halides is 3. The van der Waals surface area contributed by atoms with E-state index in [1.165, 1.54) is 0 Å². The summed E-state index contributed by atoms with van der Waals surface area (Å²) >= 11 is 0. The number of aromatic nitrogens is 4. The number of nitrogen functional groups attached to an aromatic ring is 1. The summed E-state index contributed by atoms with van der Waals surface area (Å²) in [5, 5.41) is 10.4. The van der Waals surface area contributed by atoms with Gasteiger partial charge < -0.3 is 5.73 Å². The van der Waals surface area contributed by atoms with Crippen LogP contribution in [0.3, 0.4) is 0 Å². The topological polar surface area (TPSA) is 69.6 Å². The van der Waals surface area contributed by atoms with Crippen molar-refractivity contribution < 1.29 is 22.0 Å². The summed E-state index contributed by atoms with van der Waals surface area (Å²) in [5.41, 5.74) is 5.46. The molecule has 0 bridgehead atoms. The van der Waals surface area contributed by atoms with Gasteiger partial charge in [-0.3, -0.25) is 0 Å². The molecule has 2 rings (SSSR count). The van der Waals surface area contributed by atoms with Crippen LogP contribution in [0.4, 0.5) is 27.6 Å². The van der Waals surface area contributed by atoms with Crippen molar-refractivity contribution in [1.82, 2.24) is 20.2 Å². The second-order valence-corrected chi connectivity index (χ2v) is 4.30. The third-order valence-corrected chi connectivity index (χ3v) is 2.70. The Labute approximate surface area is 115 Å². The highest BCUT2D eigenvalue weighted by atomic mass is 19.4. The molecule has 114 valence electrons. The number of nitrogens with zero attached hydrogens (tertiary/aromatic N) is 4. The third kappa shape index (κ3) is 3.64. The third-order valence-electron chi connectivity index (χ3n) is 2.70. The van der Waals surface area contributed by atoms with Crippen LogP contribution in [0, 0.1) is 11.6 Å². The number of nitrogens with two attached hydrogens (primary N) is 1. The number of hydrogen-bond acceptors (Lipinski definition) is 4. The van der Waals surface area contributed by atoms with Gasteiger partial charge in [-0.05, 0) is 22.9 Å². The van der Waals surface area contributed by atoms with Gasteiger partial charge in [-0.25, -0.2) is 13.5 Å². The second-order valence-electron chi connectivity index (χ2n) is 4.30. The molecule has 5 nitrogen and oxygen atoms in total. The van der Waals surface area contributed by atoms with Crippen LogP contribution < -0.4 is 5.73 Å². The molecule has 0 spiro atoms. The van der Waals surface area contributed by atoms with Crippen LogP contribution >= 0.6 is 0 Å². The maximum absolute atomic E-state index is 13.2. The molecule has 0 aliphatic rings. The van der Waals surface area contributed by atoms with Gasteiger partial charge in [0.05, 0.1) is 0 Å². The van der Waals surface area contributed by atoms with Crippen molar-refractivity contribution >= 4 is 5.69 Å². The fourth-order valence-electron chi connectivity index (χ4n) is 1.73. The minimum atomic E-state index is -4.28. The minimum absolute atomic E-state index is 0.0194. The Morgan fingerprint density at radius 3 is 2.48 bits per heavy atom. The Kier molecular flexibility index (Phi) is 4.05. The SMILES string of the molecule is Nc1cc(F)c(F)cc1-c1nnnn1CCCC(F)(F)F. The van der Waals surface area contributed by atoms with Gasteiger partial charge in [0.1, 0.15) is 0 Å². The predicted octanol–water partition coefficient (Wildman–Crippen LogP) is 2.54. The Morgan fingerprint density at radius 1 is 1.14 bits per heavy atom. The van der Waals surface area contributed by atoms with E-state index in [2.05, 4.69) is 15.5 Å². The first kappa shape index (κ1) is 15.1. The first-order chi connectivity index (χ1) is 9.78. The van der Waals surface area contributed by atoms with Gasteiger partial charge in [-0.1, -0.05) is 0 Å². The number of halogens is 5. The summed E-state index contributed by atoms with van der Waals surface area (Å²) < 4.78 is 63.6. The first-order valence-electron chi connectivity index (χ1n) is 5.86. The van der Waals surface area contributed by atoms with Gasteiger partial charge >= 0.3 is 6.18 Å². The smallest absolute Gasteiger partial charge is 0.389 e. The molecule has 0 saturated carbocycles. The van der Waals surface area contributed by atoms with Crippen molar-refractivity contribution in [2.45, 2.75) is 25.6 Å². The van der Waals surface area contributed by atoms with Crippen molar-refractivity contribution in [2.75, 3.05) is 5.73 Å². The molecule has 0 atom stereocenters. The highest BCUT2D eigenvalue weighted by Crippen LogP contribution is 2.27. The van der Waals surface area contributed by atoms with E-state index in [0.29, 0.717) is 0 Å². The lowest BCUT2D eigenvalue weighted by atomic mass is 10.1. The van der Waals surface area contributed by atoms with E-state index < -0.39 is 24.2 Å².